The third-order valence-corrected chi connectivity index (χ3v) is 5.82. The molecule has 2 heterocycles. The fourth-order valence-corrected chi connectivity index (χ4v) is 4.29. The van der Waals surface area contributed by atoms with E-state index in [1.807, 2.05) is 48.5 Å². The Balaban J connectivity index is 1.48. The van der Waals surface area contributed by atoms with Gasteiger partial charge < -0.3 is 5.32 Å². The Kier molecular flexibility index (Phi) is 4.99. The first-order chi connectivity index (χ1) is 13.2. The van der Waals surface area contributed by atoms with Crippen molar-refractivity contribution in [2.24, 2.45) is 10.1 Å². The van der Waals surface area contributed by atoms with Crippen molar-refractivity contribution in [3.63, 3.8) is 0 Å². The van der Waals surface area contributed by atoms with Crippen molar-refractivity contribution in [1.82, 2.24) is 5.01 Å². The molecule has 0 aliphatic carbocycles. The molecular weight excluding hydrogens is 356 g/mol. The van der Waals surface area contributed by atoms with Crippen LogP contribution in [0.3, 0.4) is 0 Å². The molecule has 1 amide bonds. The van der Waals surface area contributed by atoms with E-state index in [1.54, 1.807) is 0 Å². The largest absolute Gasteiger partial charge is 0.325 e. The smallest absolute Gasteiger partial charge is 0.234 e. The highest BCUT2D eigenvalue weighted by Gasteiger charge is 2.32. The van der Waals surface area contributed by atoms with Crippen LogP contribution in [0.15, 0.2) is 52.6 Å². The number of anilines is 1. The average Bonchev–Trinajstić information content (AvgIpc) is 3.18. The van der Waals surface area contributed by atoms with Gasteiger partial charge in [0.1, 0.15) is 0 Å². The van der Waals surface area contributed by atoms with Crippen LogP contribution in [0.5, 0.6) is 0 Å². The molecule has 0 saturated heterocycles. The number of hydrogen-bond donors (Lipinski definition) is 1. The molecule has 1 N–H and O–H groups in total. The van der Waals surface area contributed by atoms with E-state index in [0.29, 0.717) is 5.75 Å². The van der Waals surface area contributed by atoms with Gasteiger partial charge in [-0.3, -0.25) is 4.79 Å². The van der Waals surface area contributed by atoms with Gasteiger partial charge in [0.15, 0.2) is 5.17 Å². The number of carbonyl (C=O) groups is 1. The number of nitrogens with one attached hydrogen (secondary N) is 1. The minimum atomic E-state index is -0.0229. The van der Waals surface area contributed by atoms with Gasteiger partial charge in [-0.2, -0.15) is 5.10 Å². The summed E-state index contributed by atoms with van der Waals surface area (Å²) >= 11 is 1.43. The molecule has 2 aliphatic heterocycles. The second-order valence-electron chi connectivity index (χ2n) is 6.65. The maximum Gasteiger partial charge on any atom is 0.234 e. The number of aryl methyl sites for hydroxylation is 2. The summed E-state index contributed by atoms with van der Waals surface area (Å²) in [6.45, 7) is 4.12. The number of hydrazone groups is 1. The van der Waals surface area contributed by atoms with E-state index in [2.05, 4.69) is 29.5 Å². The van der Waals surface area contributed by atoms with Crippen LogP contribution in [-0.2, 0) is 11.2 Å². The molecule has 138 valence electrons. The Bertz CT molecular complexity index is 938. The predicted molar refractivity (Wildman–Crippen MR) is 113 cm³/mol. The van der Waals surface area contributed by atoms with Gasteiger partial charge in [0.05, 0.1) is 17.5 Å². The lowest BCUT2D eigenvalue weighted by Crippen LogP contribution is -2.29. The maximum absolute atomic E-state index is 12.6. The van der Waals surface area contributed by atoms with E-state index in [0.717, 1.165) is 40.5 Å². The van der Waals surface area contributed by atoms with Crippen LogP contribution in [0.2, 0.25) is 0 Å². The molecular formula is C21H22N4OS. The molecule has 4 rings (SSSR count). The number of amides is 1. The van der Waals surface area contributed by atoms with Crippen molar-refractivity contribution >= 4 is 40.4 Å². The number of thioether (sulfide) groups is 1. The fourth-order valence-electron chi connectivity index (χ4n) is 3.49. The highest BCUT2D eigenvalue weighted by Crippen LogP contribution is 2.40. The first-order valence-corrected chi connectivity index (χ1v) is 10.2. The van der Waals surface area contributed by atoms with Gasteiger partial charge in [-0.25, -0.2) is 10.0 Å². The summed E-state index contributed by atoms with van der Waals surface area (Å²) < 4.78 is 0. The van der Waals surface area contributed by atoms with E-state index in [1.165, 1.54) is 17.3 Å². The van der Waals surface area contributed by atoms with Crippen molar-refractivity contribution < 1.29 is 4.79 Å². The number of nitrogens with zero attached hydrogens (tertiary/aromatic N) is 3. The molecule has 1 atom stereocenters. The molecule has 0 aromatic heterocycles. The Hall–Kier alpha value is -2.60. The highest BCUT2D eigenvalue weighted by atomic mass is 32.2. The third kappa shape index (κ3) is 3.49. The van der Waals surface area contributed by atoms with Crippen LogP contribution in [0, 0.1) is 6.92 Å². The van der Waals surface area contributed by atoms with Crippen LogP contribution in [-0.4, -0.2) is 28.1 Å². The van der Waals surface area contributed by atoms with E-state index in [-0.39, 0.29) is 11.9 Å². The molecule has 0 saturated carbocycles. The van der Waals surface area contributed by atoms with Crippen molar-refractivity contribution in [3.8, 4) is 0 Å². The lowest BCUT2D eigenvalue weighted by molar-refractivity contribution is -0.113. The van der Waals surface area contributed by atoms with Gasteiger partial charge in [-0.15, -0.1) is 0 Å². The third-order valence-electron chi connectivity index (χ3n) is 4.87. The normalized spacial score (nSPS) is 17.3. The highest BCUT2D eigenvalue weighted by molar-refractivity contribution is 8.14. The van der Waals surface area contributed by atoms with Gasteiger partial charge in [-0.1, -0.05) is 55.1 Å². The van der Waals surface area contributed by atoms with Gasteiger partial charge in [0.25, 0.3) is 0 Å². The SMILES string of the molecule is CCc1cccc(C)c1NC(=O)CSC1=Nc2ccccc2[C@@H]2CC=NN12. The Morgan fingerprint density at radius 1 is 1.26 bits per heavy atom. The van der Waals surface area contributed by atoms with E-state index < -0.39 is 0 Å². The lowest BCUT2D eigenvalue weighted by Gasteiger charge is -2.29. The van der Waals surface area contributed by atoms with Crippen LogP contribution in [0.25, 0.3) is 0 Å². The van der Waals surface area contributed by atoms with Gasteiger partial charge >= 0.3 is 0 Å². The molecule has 2 aromatic rings. The number of para-hydroxylation sites is 2. The summed E-state index contributed by atoms with van der Waals surface area (Å²) in [5, 5.41) is 10.3. The first kappa shape index (κ1) is 17.8. The minimum Gasteiger partial charge on any atom is -0.325 e. The molecule has 2 aliphatic rings. The maximum atomic E-state index is 12.6. The van der Waals surface area contributed by atoms with Crippen molar-refractivity contribution in [2.45, 2.75) is 32.7 Å². The van der Waals surface area contributed by atoms with Crippen molar-refractivity contribution in [1.29, 1.82) is 0 Å². The zero-order valence-electron chi connectivity index (χ0n) is 15.5. The standard InChI is InChI=1S/C21H22N4OS/c1-3-15-8-6-7-14(2)20(15)24-19(26)13-27-21-23-17-10-5-4-9-16(17)18-11-12-22-25(18)21/h4-10,12,18H,3,11,13H2,1-2H3,(H,24,26)/t18-/m0/s1. The Morgan fingerprint density at radius 3 is 2.96 bits per heavy atom. The molecule has 0 spiro atoms. The van der Waals surface area contributed by atoms with Crippen molar-refractivity contribution in [3.05, 3.63) is 59.2 Å². The monoisotopic (exact) mass is 378 g/mol. The molecule has 0 unspecified atom stereocenters. The number of benzene rings is 2. The summed E-state index contributed by atoms with van der Waals surface area (Å²) in [7, 11) is 0. The second-order valence-corrected chi connectivity index (χ2v) is 7.59. The van der Waals surface area contributed by atoms with Crippen LogP contribution >= 0.6 is 11.8 Å². The summed E-state index contributed by atoms with van der Waals surface area (Å²) in [4.78, 5) is 17.3. The molecule has 6 heteroatoms. The van der Waals surface area contributed by atoms with Crippen LogP contribution < -0.4 is 5.32 Å². The lowest BCUT2D eigenvalue weighted by atomic mass is 10.0. The van der Waals surface area contributed by atoms with Crippen molar-refractivity contribution in [2.75, 3.05) is 11.1 Å². The number of fused-ring (bicyclic) bond motifs is 3. The fraction of sp³-hybridized carbons (Fsp3) is 0.286. The van der Waals surface area contributed by atoms with Crippen LogP contribution in [0.4, 0.5) is 11.4 Å². The zero-order chi connectivity index (χ0) is 18.8. The Labute approximate surface area is 163 Å². The van der Waals surface area contributed by atoms with E-state index in [4.69, 9.17) is 4.99 Å². The van der Waals surface area contributed by atoms with Crippen LogP contribution in [0.1, 0.15) is 36.1 Å². The number of amidine groups is 1. The van der Waals surface area contributed by atoms with E-state index >= 15 is 0 Å². The second kappa shape index (κ2) is 7.56. The summed E-state index contributed by atoms with van der Waals surface area (Å²) in [5.41, 5.74) is 5.33. The number of aliphatic imine (C=N–C) groups is 1. The number of carbonyl (C=O) groups excluding carboxylic acids is 1. The first-order valence-electron chi connectivity index (χ1n) is 9.17. The summed E-state index contributed by atoms with van der Waals surface area (Å²) in [5.74, 6) is 0.280. The van der Waals surface area contributed by atoms with E-state index in [9.17, 15) is 4.79 Å². The molecule has 5 nitrogen and oxygen atoms in total. The minimum absolute atomic E-state index is 0.0229. The molecule has 27 heavy (non-hydrogen) atoms. The molecule has 0 fully saturated rings. The van der Waals surface area contributed by atoms with Gasteiger partial charge in [0, 0.05) is 23.9 Å². The molecule has 0 bridgehead atoms. The number of hydrogen-bond acceptors (Lipinski definition) is 5. The molecule has 2 aromatic carbocycles. The topological polar surface area (TPSA) is 57.1 Å². The predicted octanol–water partition coefficient (Wildman–Crippen LogP) is 4.66. The molecule has 0 radical (unpaired) electrons. The summed E-state index contributed by atoms with van der Waals surface area (Å²) in [6.07, 6.45) is 3.67. The average molecular weight is 379 g/mol. The number of rotatable bonds is 4. The van der Waals surface area contributed by atoms with Gasteiger partial charge in [0.2, 0.25) is 5.91 Å². The quantitative estimate of drug-likeness (QED) is 0.842. The van der Waals surface area contributed by atoms with Gasteiger partial charge in [-0.05, 0) is 30.5 Å². The zero-order valence-corrected chi connectivity index (χ0v) is 16.3. The Morgan fingerprint density at radius 2 is 2.11 bits per heavy atom. The summed E-state index contributed by atoms with van der Waals surface area (Å²) in [6, 6.07) is 14.4.